The van der Waals surface area contributed by atoms with E-state index in [-0.39, 0.29) is 36.8 Å². The highest BCUT2D eigenvalue weighted by molar-refractivity contribution is 5.86. The Hall–Kier alpha value is -3.35. The van der Waals surface area contributed by atoms with Gasteiger partial charge in [-0.25, -0.2) is 4.79 Å². The number of nitrogens with zero attached hydrogens (tertiary/aromatic N) is 1. The molecule has 1 aliphatic carbocycles. The number of rotatable bonds is 7. The van der Waals surface area contributed by atoms with Crippen LogP contribution in [0.3, 0.4) is 0 Å². The number of likely N-dealkylation sites (tertiary alicyclic amines) is 1. The predicted molar refractivity (Wildman–Crippen MR) is 133 cm³/mol. The minimum absolute atomic E-state index is 0.0633. The van der Waals surface area contributed by atoms with Crippen molar-refractivity contribution in [2.24, 2.45) is 17.8 Å². The molecule has 1 heterocycles. The molecule has 2 aromatic carbocycles. The summed E-state index contributed by atoms with van der Waals surface area (Å²) >= 11 is 0. The Morgan fingerprint density at radius 2 is 1.63 bits per heavy atom. The standard InChI is InChI=1S/C28H34N2O5/c1-17(2)12-25(26(31)30-14-18(3)13-19(15-30)27(32)33)29-28(34)35-16-24-22-10-6-4-8-20(22)21-9-5-7-11-23(21)24/h4-11,17-19,24-25H,12-16H2,1-3H3,(H,29,34)(H,32,33). The van der Waals surface area contributed by atoms with Gasteiger partial charge in [0.25, 0.3) is 0 Å². The molecule has 35 heavy (non-hydrogen) atoms. The van der Waals surface area contributed by atoms with E-state index in [1.54, 1.807) is 4.90 Å². The zero-order valence-electron chi connectivity index (χ0n) is 20.6. The maximum atomic E-state index is 13.3. The summed E-state index contributed by atoms with van der Waals surface area (Å²) in [6, 6.07) is 15.5. The first-order chi connectivity index (χ1) is 16.7. The van der Waals surface area contributed by atoms with Gasteiger partial charge in [-0.3, -0.25) is 9.59 Å². The highest BCUT2D eigenvalue weighted by atomic mass is 16.5. The maximum absolute atomic E-state index is 13.3. The number of alkyl carbamates (subject to hydrolysis) is 1. The third kappa shape index (κ3) is 5.50. The summed E-state index contributed by atoms with van der Waals surface area (Å²) in [4.78, 5) is 39.3. The number of amides is 2. The third-order valence-corrected chi connectivity index (χ3v) is 6.96. The van der Waals surface area contributed by atoms with Gasteiger partial charge in [-0.05, 0) is 46.9 Å². The first-order valence-electron chi connectivity index (χ1n) is 12.4. The van der Waals surface area contributed by atoms with E-state index in [4.69, 9.17) is 4.74 Å². The van der Waals surface area contributed by atoms with Gasteiger partial charge in [0.2, 0.25) is 5.91 Å². The molecule has 3 unspecified atom stereocenters. The fourth-order valence-corrected chi connectivity index (χ4v) is 5.41. The first kappa shape index (κ1) is 24.8. The second-order valence-electron chi connectivity index (χ2n) is 10.3. The molecule has 0 saturated carbocycles. The largest absolute Gasteiger partial charge is 0.481 e. The van der Waals surface area contributed by atoms with Crippen LogP contribution in [0, 0.1) is 17.8 Å². The van der Waals surface area contributed by atoms with Crippen LogP contribution in [0.1, 0.15) is 50.7 Å². The molecule has 1 saturated heterocycles. The Balaban J connectivity index is 1.43. The first-order valence-corrected chi connectivity index (χ1v) is 12.4. The van der Waals surface area contributed by atoms with Crippen LogP contribution >= 0.6 is 0 Å². The molecule has 1 fully saturated rings. The number of carbonyl (C=O) groups excluding carboxylic acids is 2. The van der Waals surface area contributed by atoms with Crippen molar-refractivity contribution >= 4 is 18.0 Å². The van der Waals surface area contributed by atoms with Crippen molar-refractivity contribution in [3.05, 3.63) is 59.7 Å². The molecular weight excluding hydrogens is 444 g/mol. The molecule has 2 aliphatic rings. The summed E-state index contributed by atoms with van der Waals surface area (Å²) in [5, 5.41) is 12.2. The van der Waals surface area contributed by atoms with Crippen molar-refractivity contribution in [1.82, 2.24) is 10.2 Å². The van der Waals surface area contributed by atoms with Crippen LogP contribution in [-0.4, -0.2) is 53.7 Å². The molecule has 0 spiro atoms. The lowest BCUT2D eigenvalue weighted by atomic mass is 9.89. The van der Waals surface area contributed by atoms with Gasteiger partial charge in [0, 0.05) is 19.0 Å². The monoisotopic (exact) mass is 478 g/mol. The predicted octanol–water partition coefficient (Wildman–Crippen LogP) is 4.51. The molecule has 4 rings (SSSR count). The Labute approximate surface area is 206 Å². The molecule has 7 heteroatoms. The lowest BCUT2D eigenvalue weighted by molar-refractivity contribution is -0.147. The van der Waals surface area contributed by atoms with Crippen LogP contribution in [0.5, 0.6) is 0 Å². The molecule has 2 aromatic rings. The molecule has 2 N–H and O–H groups in total. The summed E-state index contributed by atoms with van der Waals surface area (Å²) in [6.45, 7) is 6.75. The Morgan fingerprint density at radius 1 is 1.03 bits per heavy atom. The molecular formula is C28H34N2O5. The Bertz CT molecular complexity index is 1050. The van der Waals surface area contributed by atoms with Crippen LogP contribution in [0.2, 0.25) is 0 Å². The topological polar surface area (TPSA) is 95.9 Å². The van der Waals surface area contributed by atoms with E-state index >= 15 is 0 Å². The molecule has 186 valence electrons. The van der Waals surface area contributed by atoms with Crippen molar-refractivity contribution in [2.45, 2.75) is 45.6 Å². The van der Waals surface area contributed by atoms with Crippen LogP contribution in [-0.2, 0) is 14.3 Å². The van der Waals surface area contributed by atoms with Crippen LogP contribution in [0.15, 0.2) is 48.5 Å². The Morgan fingerprint density at radius 3 is 2.20 bits per heavy atom. The fourth-order valence-electron chi connectivity index (χ4n) is 5.41. The minimum Gasteiger partial charge on any atom is -0.481 e. The van der Waals surface area contributed by atoms with Crippen molar-refractivity contribution in [1.29, 1.82) is 0 Å². The zero-order valence-corrected chi connectivity index (χ0v) is 20.6. The van der Waals surface area contributed by atoms with Crippen LogP contribution < -0.4 is 5.32 Å². The number of fused-ring (bicyclic) bond motifs is 3. The van der Waals surface area contributed by atoms with Crippen molar-refractivity contribution in [2.75, 3.05) is 19.7 Å². The van der Waals surface area contributed by atoms with Gasteiger partial charge in [-0.1, -0.05) is 69.3 Å². The summed E-state index contributed by atoms with van der Waals surface area (Å²) in [7, 11) is 0. The average molecular weight is 479 g/mol. The van der Waals surface area contributed by atoms with Gasteiger partial charge in [0.15, 0.2) is 0 Å². The second-order valence-corrected chi connectivity index (χ2v) is 10.3. The quantitative estimate of drug-likeness (QED) is 0.611. The molecule has 0 radical (unpaired) electrons. The van der Waals surface area contributed by atoms with E-state index in [2.05, 4.69) is 29.6 Å². The molecule has 0 bridgehead atoms. The van der Waals surface area contributed by atoms with E-state index in [0.717, 1.165) is 22.3 Å². The zero-order chi connectivity index (χ0) is 25.1. The van der Waals surface area contributed by atoms with Crippen LogP contribution in [0.4, 0.5) is 4.79 Å². The average Bonchev–Trinajstić information content (AvgIpc) is 3.15. The highest BCUT2D eigenvalue weighted by Crippen LogP contribution is 2.44. The van der Waals surface area contributed by atoms with Crippen molar-refractivity contribution in [3.8, 4) is 11.1 Å². The van der Waals surface area contributed by atoms with Crippen molar-refractivity contribution in [3.63, 3.8) is 0 Å². The molecule has 1 aliphatic heterocycles. The van der Waals surface area contributed by atoms with Crippen LogP contribution in [0.25, 0.3) is 11.1 Å². The van der Waals surface area contributed by atoms with Gasteiger partial charge >= 0.3 is 12.1 Å². The lowest BCUT2D eigenvalue weighted by Crippen LogP contribution is -2.54. The number of carboxylic acid groups (broad SMARTS) is 1. The van der Waals surface area contributed by atoms with Gasteiger partial charge in [0.1, 0.15) is 12.6 Å². The lowest BCUT2D eigenvalue weighted by Gasteiger charge is -2.37. The van der Waals surface area contributed by atoms with Crippen molar-refractivity contribution < 1.29 is 24.2 Å². The molecule has 0 aromatic heterocycles. The van der Waals surface area contributed by atoms with E-state index in [0.29, 0.717) is 19.4 Å². The van der Waals surface area contributed by atoms with E-state index in [1.165, 1.54) is 0 Å². The summed E-state index contributed by atoms with van der Waals surface area (Å²) in [5.41, 5.74) is 4.55. The third-order valence-electron chi connectivity index (χ3n) is 6.96. The number of aliphatic carboxylic acids is 1. The van der Waals surface area contributed by atoms with E-state index in [9.17, 15) is 19.5 Å². The second kappa shape index (κ2) is 10.5. The number of benzene rings is 2. The number of hydrogen-bond acceptors (Lipinski definition) is 4. The SMILES string of the molecule is CC(C)CC(NC(=O)OCC1c2ccccc2-c2ccccc21)C(=O)N1CC(C)CC(C(=O)O)C1. The normalized spacial score (nSPS) is 20.2. The number of ether oxygens (including phenoxy) is 1. The molecule has 7 nitrogen and oxygen atoms in total. The molecule has 3 atom stereocenters. The fraction of sp³-hybridized carbons (Fsp3) is 0.464. The number of piperidine rings is 1. The van der Waals surface area contributed by atoms with Gasteiger partial charge < -0.3 is 20.1 Å². The van der Waals surface area contributed by atoms with Gasteiger partial charge in [0.05, 0.1) is 5.92 Å². The number of carboxylic acids is 1. The van der Waals surface area contributed by atoms with E-state index < -0.39 is 24.0 Å². The number of nitrogens with one attached hydrogen (secondary N) is 1. The minimum atomic E-state index is -0.890. The Kier molecular flexibility index (Phi) is 7.43. The smallest absolute Gasteiger partial charge is 0.407 e. The highest BCUT2D eigenvalue weighted by Gasteiger charge is 2.36. The summed E-state index contributed by atoms with van der Waals surface area (Å²) in [6.07, 6.45) is 0.366. The van der Waals surface area contributed by atoms with Gasteiger partial charge in [-0.15, -0.1) is 0 Å². The van der Waals surface area contributed by atoms with E-state index in [1.807, 2.05) is 45.0 Å². The maximum Gasteiger partial charge on any atom is 0.407 e. The summed E-state index contributed by atoms with van der Waals surface area (Å²) in [5.74, 6) is -1.54. The number of carbonyl (C=O) groups is 3. The van der Waals surface area contributed by atoms with Gasteiger partial charge in [-0.2, -0.15) is 0 Å². The summed E-state index contributed by atoms with van der Waals surface area (Å²) < 4.78 is 5.65. The molecule has 2 amide bonds. The number of hydrogen-bond donors (Lipinski definition) is 2.